The summed E-state index contributed by atoms with van der Waals surface area (Å²) >= 11 is 0. The Morgan fingerprint density at radius 2 is 1.67 bits per heavy atom. The number of aromatic amines is 1. The maximum Gasteiger partial charge on any atom is 0.335 e. The Morgan fingerprint density at radius 3 is 2.28 bits per heavy atom. The van der Waals surface area contributed by atoms with Crippen LogP contribution in [0, 0.1) is 0 Å². The average Bonchev–Trinajstić information content (AvgIpc) is 2.89. The summed E-state index contributed by atoms with van der Waals surface area (Å²) in [6.45, 7) is 0. The molecule has 0 aliphatic carbocycles. The first-order valence-corrected chi connectivity index (χ1v) is 5.31. The Bertz CT molecular complexity index is 605. The molecule has 0 spiro atoms. The van der Waals surface area contributed by atoms with Gasteiger partial charge in [0.25, 0.3) is 0 Å². The zero-order valence-corrected chi connectivity index (χ0v) is 9.45. The molecule has 0 radical (unpaired) electrons. The summed E-state index contributed by atoms with van der Waals surface area (Å²) in [6, 6.07) is 16.0. The highest BCUT2D eigenvalue weighted by atomic mass is 16.4. The third-order valence-corrected chi connectivity index (χ3v) is 2.25. The lowest BCUT2D eigenvalue weighted by Gasteiger charge is -1.88. The molecule has 5 heteroatoms. The largest absolute Gasteiger partial charge is 0.478 e. The molecule has 2 N–H and O–H groups in total. The van der Waals surface area contributed by atoms with Gasteiger partial charge < -0.3 is 5.11 Å². The summed E-state index contributed by atoms with van der Waals surface area (Å²) in [5.74, 6) is -0.879. The third-order valence-electron chi connectivity index (χ3n) is 2.25. The van der Waals surface area contributed by atoms with Crippen LogP contribution >= 0.6 is 0 Å². The lowest BCUT2D eigenvalue weighted by Crippen LogP contribution is -1.93. The van der Waals surface area contributed by atoms with Crippen LogP contribution in [0.4, 0.5) is 0 Å². The monoisotopic (exact) mass is 241 g/mol. The lowest BCUT2D eigenvalue weighted by atomic mass is 10.2. The first-order chi connectivity index (χ1) is 8.77. The molecule has 0 amide bonds. The minimum absolute atomic E-state index is 0.331. The van der Waals surface area contributed by atoms with Gasteiger partial charge in [0.1, 0.15) is 5.52 Å². The van der Waals surface area contributed by atoms with Crippen molar-refractivity contribution in [1.29, 1.82) is 0 Å². The van der Waals surface area contributed by atoms with E-state index in [2.05, 4.69) is 15.4 Å². The van der Waals surface area contributed by atoms with E-state index in [4.69, 9.17) is 5.11 Å². The van der Waals surface area contributed by atoms with Crippen molar-refractivity contribution in [2.24, 2.45) is 0 Å². The van der Waals surface area contributed by atoms with Crippen LogP contribution in [0.2, 0.25) is 0 Å². The van der Waals surface area contributed by atoms with Crippen molar-refractivity contribution in [2.75, 3.05) is 0 Å². The molecular weight excluding hydrogens is 230 g/mol. The predicted molar refractivity (Wildman–Crippen MR) is 67.3 cm³/mol. The number of para-hydroxylation sites is 1. The summed E-state index contributed by atoms with van der Waals surface area (Å²) in [4.78, 5) is 10.2. The molecule has 1 heterocycles. The molecule has 0 fully saturated rings. The van der Waals surface area contributed by atoms with Crippen LogP contribution < -0.4 is 0 Å². The first kappa shape index (κ1) is 11.8. The van der Waals surface area contributed by atoms with E-state index in [1.165, 1.54) is 0 Å². The van der Waals surface area contributed by atoms with Gasteiger partial charge in [0, 0.05) is 0 Å². The summed E-state index contributed by atoms with van der Waals surface area (Å²) in [7, 11) is 0. The molecule has 0 aliphatic heterocycles. The van der Waals surface area contributed by atoms with Gasteiger partial charge in [-0.25, -0.2) is 4.79 Å². The summed E-state index contributed by atoms with van der Waals surface area (Å²) < 4.78 is 0. The molecule has 0 unspecified atom stereocenters. The van der Waals surface area contributed by atoms with E-state index in [0.717, 1.165) is 11.0 Å². The molecule has 90 valence electrons. The molecular formula is C13H11N3O2. The summed E-state index contributed by atoms with van der Waals surface area (Å²) in [5.41, 5.74) is 2.23. The van der Waals surface area contributed by atoms with Gasteiger partial charge in [-0.15, -0.1) is 5.10 Å². The maximum atomic E-state index is 10.2. The van der Waals surface area contributed by atoms with Gasteiger partial charge >= 0.3 is 5.97 Å². The average molecular weight is 241 g/mol. The van der Waals surface area contributed by atoms with Gasteiger partial charge in [0.2, 0.25) is 0 Å². The minimum Gasteiger partial charge on any atom is -0.478 e. The van der Waals surface area contributed by atoms with Crippen LogP contribution in [0.5, 0.6) is 0 Å². The van der Waals surface area contributed by atoms with Gasteiger partial charge in [-0.05, 0) is 24.3 Å². The molecule has 0 aliphatic rings. The maximum absolute atomic E-state index is 10.2. The standard InChI is InChI=1S/C7H6O2.C6H5N3/c8-7(9)6-4-2-1-3-5-6;1-2-4-6-5(3-1)7-9-8-6/h1-5H,(H,8,9);1-4H,(H,7,8,9). The highest BCUT2D eigenvalue weighted by Crippen LogP contribution is 2.03. The number of aromatic nitrogens is 3. The molecule has 0 atom stereocenters. The zero-order chi connectivity index (χ0) is 12.8. The smallest absolute Gasteiger partial charge is 0.335 e. The normalized spacial score (nSPS) is 9.56. The summed E-state index contributed by atoms with van der Waals surface area (Å²) in [6.07, 6.45) is 0. The molecule has 5 nitrogen and oxygen atoms in total. The predicted octanol–water partition coefficient (Wildman–Crippen LogP) is 2.34. The number of hydrogen-bond donors (Lipinski definition) is 2. The number of rotatable bonds is 1. The second-order valence-corrected chi connectivity index (χ2v) is 3.50. The van der Waals surface area contributed by atoms with Gasteiger partial charge in [-0.3, -0.25) is 5.10 Å². The van der Waals surface area contributed by atoms with Crippen LogP contribution in [-0.4, -0.2) is 26.5 Å². The Hall–Kier alpha value is -2.69. The number of H-pyrrole nitrogens is 1. The molecule has 3 aromatic rings. The van der Waals surface area contributed by atoms with Crippen molar-refractivity contribution in [1.82, 2.24) is 15.4 Å². The van der Waals surface area contributed by atoms with E-state index >= 15 is 0 Å². The SMILES string of the molecule is O=C(O)c1ccccc1.c1ccc2[nH]nnc2c1. The van der Waals surface area contributed by atoms with Crippen molar-refractivity contribution in [2.45, 2.75) is 0 Å². The first-order valence-electron chi connectivity index (χ1n) is 5.31. The number of carboxylic acid groups (broad SMARTS) is 1. The topological polar surface area (TPSA) is 78.9 Å². The Morgan fingerprint density at radius 1 is 1.00 bits per heavy atom. The fraction of sp³-hybridized carbons (Fsp3) is 0. The fourth-order valence-corrected chi connectivity index (χ4v) is 1.37. The van der Waals surface area contributed by atoms with Crippen molar-refractivity contribution >= 4 is 17.0 Å². The van der Waals surface area contributed by atoms with Crippen molar-refractivity contribution in [3.05, 3.63) is 60.2 Å². The van der Waals surface area contributed by atoms with Crippen LogP contribution in [-0.2, 0) is 0 Å². The van der Waals surface area contributed by atoms with E-state index in [1.54, 1.807) is 30.3 Å². The molecule has 2 aromatic carbocycles. The van der Waals surface area contributed by atoms with Crippen LogP contribution in [0.3, 0.4) is 0 Å². The van der Waals surface area contributed by atoms with Crippen molar-refractivity contribution < 1.29 is 9.90 Å². The number of fused-ring (bicyclic) bond motifs is 1. The van der Waals surface area contributed by atoms with Gasteiger partial charge in [0.05, 0.1) is 11.1 Å². The Kier molecular flexibility index (Phi) is 3.66. The second-order valence-electron chi connectivity index (χ2n) is 3.50. The third kappa shape index (κ3) is 2.91. The van der Waals surface area contributed by atoms with Crippen LogP contribution in [0.1, 0.15) is 10.4 Å². The van der Waals surface area contributed by atoms with E-state index in [1.807, 2.05) is 24.3 Å². The van der Waals surface area contributed by atoms with Crippen LogP contribution in [0.25, 0.3) is 11.0 Å². The van der Waals surface area contributed by atoms with Crippen molar-refractivity contribution in [3.63, 3.8) is 0 Å². The Labute approximate surface area is 103 Å². The quantitative estimate of drug-likeness (QED) is 0.685. The summed E-state index contributed by atoms with van der Waals surface area (Å²) in [5, 5.41) is 18.6. The van der Waals surface area contributed by atoms with E-state index in [-0.39, 0.29) is 0 Å². The molecule has 0 saturated heterocycles. The number of carbonyl (C=O) groups is 1. The van der Waals surface area contributed by atoms with Crippen molar-refractivity contribution in [3.8, 4) is 0 Å². The highest BCUT2D eigenvalue weighted by molar-refractivity contribution is 5.87. The number of nitrogens with one attached hydrogen (secondary N) is 1. The van der Waals surface area contributed by atoms with Gasteiger partial charge in [-0.2, -0.15) is 0 Å². The minimum atomic E-state index is -0.879. The molecule has 18 heavy (non-hydrogen) atoms. The number of carboxylic acids is 1. The lowest BCUT2D eigenvalue weighted by molar-refractivity contribution is 0.0697. The number of hydrogen-bond acceptors (Lipinski definition) is 3. The molecule has 3 rings (SSSR count). The van der Waals surface area contributed by atoms with E-state index in [0.29, 0.717) is 5.56 Å². The zero-order valence-electron chi connectivity index (χ0n) is 9.45. The van der Waals surface area contributed by atoms with Crippen LogP contribution in [0.15, 0.2) is 54.6 Å². The van der Waals surface area contributed by atoms with E-state index < -0.39 is 5.97 Å². The van der Waals surface area contributed by atoms with Gasteiger partial charge in [-0.1, -0.05) is 35.5 Å². The highest BCUT2D eigenvalue weighted by Gasteiger charge is 1.96. The van der Waals surface area contributed by atoms with Gasteiger partial charge in [0.15, 0.2) is 0 Å². The number of aromatic carboxylic acids is 1. The molecule has 0 bridgehead atoms. The molecule has 1 aromatic heterocycles. The second kappa shape index (κ2) is 5.58. The fourth-order valence-electron chi connectivity index (χ4n) is 1.37. The number of benzene rings is 2. The van der Waals surface area contributed by atoms with E-state index in [9.17, 15) is 4.79 Å². The number of nitrogens with zero attached hydrogens (tertiary/aromatic N) is 2. The molecule has 0 saturated carbocycles. The Balaban J connectivity index is 0.000000134.